The SMILES string of the molecule is CC1(CNc2ccc([N+](=O)[O-])cc2Br)CCOCC1. The standard InChI is InChI=1S/C13H17BrN2O3/c1-13(4-6-19-7-5-13)9-15-12-3-2-10(16(17)18)8-11(12)14/h2-3,8,15H,4-7,9H2,1H3. The van der Waals surface area contributed by atoms with Crippen LogP contribution in [0.3, 0.4) is 0 Å². The van der Waals surface area contributed by atoms with Crippen LogP contribution in [-0.4, -0.2) is 24.7 Å². The first-order valence-corrected chi connectivity index (χ1v) is 7.05. The van der Waals surface area contributed by atoms with Gasteiger partial charge < -0.3 is 10.1 Å². The number of nitro groups is 1. The van der Waals surface area contributed by atoms with Crippen LogP contribution in [0.15, 0.2) is 22.7 Å². The van der Waals surface area contributed by atoms with Gasteiger partial charge in [0.05, 0.1) is 4.92 Å². The molecule has 0 spiro atoms. The van der Waals surface area contributed by atoms with Gasteiger partial charge in [0.15, 0.2) is 0 Å². The molecule has 0 atom stereocenters. The molecule has 0 bridgehead atoms. The van der Waals surface area contributed by atoms with Crippen LogP contribution in [-0.2, 0) is 4.74 Å². The molecule has 6 heteroatoms. The lowest BCUT2D eigenvalue weighted by Crippen LogP contribution is -2.33. The van der Waals surface area contributed by atoms with Crippen molar-refractivity contribution >= 4 is 27.3 Å². The average molecular weight is 329 g/mol. The molecule has 0 aliphatic carbocycles. The molecule has 1 fully saturated rings. The maximum absolute atomic E-state index is 10.7. The normalized spacial score (nSPS) is 18.0. The number of anilines is 1. The molecular weight excluding hydrogens is 312 g/mol. The lowest BCUT2D eigenvalue weighted by molar-refractivity contribution is -0.384. The summed E-state index contributed by atoms with van der Waals surface area (Å²) in [6.07, 6.45) is 2.06. The Morgan fingerprint density at radius 3 is 2.74 bits per heavy atom. The Balaban J connectivity index is 2.01. The van der Waals surface area contributed by atoms with Gasteiger partial charge in [0.1, 0.15) is 0 Å². The van der Waals surface area contributed by atoms with E-state index >= 15 is 0 Å². The van der Waals surface area contributed by atoms with Crippen molar-refractivity contribution in [3.63, 3.8) is 0 Å². The highest BCUT2D eigenvalue weighted by atomic mass is 79.9. The first-order chi connectivity index (χ1) is 9.00. The van der Waals surface area contributed by atoms with E-state index in [1.54, 1.807) is 6.07 Å². The van der Waals surface area contributed by atoms with Gasteiger partial charge >= 0.3 is 0 Å². The van der Waals surface area contributed by atoms with Crippen molar-refractivity contribution < 1.29 is 9.66 Å². The van der Waals surface area contributed by atoms with Crippen molar-refractivity contribution in [2.75, 3.05) is 25.1 Å². The molecule has 2 rings (SSSR count). The van der Waals surface area contributed by atoms with Crippen molar-refractivity contribution in [1.82, 2.24) is 0 Å². The molecule has 1 aliphatic heterocycles. The summed E-state index contributed by atoms with van der Waals surface area (Å²) in [5, 5.41) is 14.0. The highest BCUT2D eigenvalue weighted by Gasteiger charge is 2.27. The van der Waals surface area contributed by atoms with E-state index in [1.165, 1.54) is 12.1 Å². The third-order valence-corrected chi connectivity index (χ3v) is 4.23. The second kappa shape index (κ2) is 5.88. The smallest absolute Gasteiger partial charge is 0.270 e. The third-order valence-electron chi connectivity index (χ3n) is 3.57. The van der Waals surface area contributed by atoms with Crippen LogP contribution < -0.4 is 5.32 Å². The van der Waals surface area contributed by atoms with Gasteiger partial charge in [-0.25, -0.2) is 0 Å². The molecule has 0 aromatic heterocycles. The number of nitrogens with zero attached hydrogens (tertiary/aromatic N) is 1. The van der Waals surface area contributed by atoms with E-state index in [1.807, 2.05) is 0 Å². The van der Waals surface area contributed by atoms with Gasteiger partial charge in [0, 0.05) is 42.1 Å². The second-order valence-electron chi connectivity index (χ2n) is 5.20. The number of rotatable bonds is 4. The highest BCUT2D eigenvalue weighted by molar-refractivity contribution is 9.10. The Morgan fingerprint density at radius 2 is 2.16 bits per heavy atom. The molecule has 0 amide bonds. The minimum Gasteiger partial charge on any atom is -0.384 e. The number of nitrogens with one attached hydrogen (secondary N) is 1. The summed E-state index contributed by atoms with van der Waals surface area (Å²) in [4.78, 5) is 10.3. The summed E-state index contributed by atoms with van der Waals surface area (Å²) in [5.41, 5.74) is 1.20. The molecule has 0 radical (unpaired) electrons. The third kappa shape index (κ3) is 3.67. The van der Waals surface area contributed by atoms with Gasteiger partial charge in [0.2, 0.25) is 0 Å². The summed E-state index contributed by atoms with van der Waals surface area (Å²) >= 11 is 3.37. The fourth-order valence-corrected chi connectivity index (χ4v) is 2.62. The predicted molar refractivity (Wildman–Crippen MR) is 77.4 cm³/mol. The van der Waals surface area contributed by atoms with E-state index in [2.05, 4.69) is 28.2 Å². The van der Waals surface area contributed by atoms with Crippen LogP contribution in [0.2, 0.25) is 0 Å². The number of benzene rings is 1. The zero-order valence-corrected chi connectivity index (χ0v) is 12.4. The highest BCUT2D eigenvalue weighted by Crippen LogP contribution is 2.32. The first-order valence-electron chi connectivity index (χ1n) is 6.26. The van der Waals surface area contributed by atoms with Crippen LogP contribution in [0.5, 0.6) is 0 Å². The first kappa shape index (κ1) is 14.3. The lowest BCUT2D eigenvalue weighted by Gasteiger charge is -2.34. The monoisotopic (exact) mass is 328 g/mol. The van der Waals surface area contributed by atoms with Crippen molar-refractivity contribution in [3.05, 3.63) is 32.8 Å². The van der Waals surface area contributed by atoms with Crippen molar-refractivity contribution in [1.29, 1.82) is 0 Å². The fraction of sp³-hybridized carbons (Fsp3) is 0.538. The van der Waals surface area contributed by atoms with Crippen LogP contribution in [0.1, 0.15) is 19.8 Å². The lowest BCUT2D eigenvalue weighted by atomic mass is 9.82. The van der Waals surface area contributed by atoms with Crippen LogP contribution in [0.25, 0.3) is 0 Å². The van der Waals surface area contributed by atoms with E-state index < -0.39 is 4.92 Å². The maximum atomic E-state index is 10.7. The summed E-state index contributed by atoms with van der Waals surface area (Å²) in [7, 11) is 0. The average Bonchev–Trinajstić information content (AvgIpc) is 2.38. The van der Waals surface area contributed by atoms with Crippen LogP contribution >= 0.6 is 15.9 Å². The minimum absolute atomic E-state index is 0.0923. The number of hydrogen-bond donors (Lipinski definition) is 1. The Bertz CT molecular complexity index is 473. The number of ether oxygens (including phenoxy) is 1. The molecule has 5 nitrogen and oxygen atoms in total. The minimum atomic E-state index is -0.395. The molecule has 1 aliphatic rings. The number of halogens is 1. The van der Waals surface area contributed by atoms with E-state index in [-0.39, 0.29) is 11.1 Å². The molecular formula is C13H17BrN2O3. The molecule has 1 saturated heterocycles. The molecule has 1 heterocycles. The van der Waals surface area contributed by atoms with Crippen LogP contribution in [0, 0.1) is 15.5 Å². The van der Waals surface area contributed by atoms with E-state index in [9.17, 15) is 10.1 Å². The van der Waals surface area contributed by atoms with Crippen molar-refractivity contribution in [2.45, 2.75) is 19.8 Å². The second-order valence-corrected chi connectivity index (χ2v) is 6.05. The largest absolute Gasteiger partial charge is 0.384 e. The summed E-state index contributed by atoms with van der Waals surface area (Å²) < 4.78 is 6.09. The van der Waals surface area contributed by atoms with Gasteiger partial charge in [-0.1, -0.05) is 6.92 Å². The van der Waals surface area contributed by atoms with E-state index in [0.717, 1.165) is 42.8 Å². The number of hydrogen-bond acceptors (Lipinski definition) is 4. The molecule has 1 N–H and O–H groups in total. The van der Waals surface area contributed by atoms with Gasteiger partial charge in [-0.3, -0.25) is 10.1 Å². The van der Waals surface area contributed by atoms with Gasteiger partial charge in [-0.15, -0.1) is 0 Å². The Morgan fingerprint density at radius 1 is 1.47 bits per heavy atom. The summed E-state index contributed by atoms with van der Waals surface area (Å²) in [5.74, 6) is 0. The van der Waals surface area contributed by atoms with E-state index in [0.29, 0.717) is 0 Å². The quantitative estimate of drug-likeness (QED) is 0.677. The number of non-ortho nitro benzene ring substituents is 1. The molecule has 1 aromatic rings. The Labute approximate surface area is 120 Å². The van der Waals surface area contributed by atoms with Gasteiger partial charge in [-0.05, 0) is 40.3 Å². The topological polar surface area (TPSA) is 64.4 Å². The van der Waals surface area contributed by atoms with Crippen molar-refractivity contribution in [2.24, 2.45) is 5.41 Å². The van der Waals surface area contributed by atoms with E-state index in [4.69, 9.17) is 4.74 Å². The Hall–Kier alpha value is -1.14. The van der Waals surface area contributed by atoms with Crippen molar-refractivity contribution in [3.8, 4) is 0 Å². The Kier molecular flexibility index (Phi) is 4.42. The van der Waals surface area contributed by atoms with Crippen LogP contribution in [0.4, 0.5) is 11.4 Å². The number of nitro benzene ring substituents is 1. The molecule has 1 aromatic carbocycles. The fourth-order valence-electron chi connectivity index (χ4n) is 2.11. The predicted octanol–water partition coefficient (Wildman–Crippen LogP) is 3.59. The summed E-state index contributed by atoms with van der Waals surface area (Å²) in [6, 6.07) is 4.78. The zero-order valence-electron chi connectivity index (χ0n) is 10.8. The molecule has 0 saturated carbocycles. The van der Waals surface area contributed by atoms with Gasteiger partial charge in [0.25, 0.3) is 5.69 Å². The molecule has 19 heavy (non-hydrogen) atoms. The maximum Gasteiger partial charge on any atom is 0.270 e. The summed E-state index contributed by atoms with van der Waals surface area (Å²) in [6.45, 7) is 4.69. The molecule has 104 valence electrons. The zero-order chi connectivity index (χ0) is 13.9. The van der Waals surface area contributed by atoms with Gasteiger partial charge in [-0.2, -0.15) is 0 Å². The molecule has 0 unspecified atom stereocenters.